The van der Waals surface area contributed by atoms with Crippen LogP contribution in [-0.2, 0) is 27.9 Å². The molecule has 9 nitrogen and oxygen atoms in total. The molecule has 0 aromatic carbocycles. The Balaban J connectivity index is 5.32. The molecule has 83 heavy (non-hydrogen) atoms. The van der Waals surface area contributed by atoms with Gasteiger partial charge in [-0.1, -0.05) is 258 Å². The average Bonchev–Trinajstić information content (AvgIpc) is 3.47. The number of unbranched alkanes of at least 4 members (excludes halogenated alkanes) is 23. The molecule has 0 fully saturated rings. The van der Waals surface area contributed by atoms with Crippen molar-refractivity contribution in [1.29, 1.82) is 0 Å². The van der Waals surface area contributed by atoms with E-state index in [0.717, 1.165) is 116 Å². The lowest BCUT2D eigenvalue weighted by Gasteiger charge is -2.30. The van der Waals surface area contributed by atoms with Gasteiger partial charge in [0, 0.05) is 12.8 Å². The number of phosphoric ester groups is 1. The lowest BCUT2D eigenvalue weighted by Crippen LogP contribution is -2.47. The van der Waals surface area contributed by atoms with Gasteiger partial charge in [0.25, 0.3) is 7.82 Å². The van der Waals surface area contributed by atoms with E-state index in [0.29, 0.717) is 23.9 Å². The minimum atomic E-state index is -4.73. The summed E-state index contributed by atoms with van der Waals surface area (Å²) in [6.45, 7) is 6.66. The fourth-order valence-corrected chi connectivity index (χ4v) is 9.64. The summed E-state index contributed by atoms with van der Waals surface area (Å²) in [6, 6.07) is -0.923. The summed E-state index contributed by atoms with van der Waals surface area (Å²) in [5.74, 6) is -0.611. The number of quaternary nitrogens is 1. The number of carbonyl (C=O) groups excluding carboxylic acids is 2. The number of esters is 1. The maximum absolute atomic E-state index is 13.6. The highest BCUT2D eigenvalue weighted by Crippen LogP contribution is 2.38. The number of hydrogen-bond acceptors (Lipinski definition) is 7. The van der Waals surface area contributed by atoms with Crippen LogP contribution < -0.4 is 10.2 Å². The van der Waals surface area contributed by atoms with Crippen molar-refractivity contribution in [3.63, 3.8) is 0 Å². The Kier molecular flexibility index (Phi) is 58.4. The number of hydrogen-bond donors (Lipinski definition) is 1. The zero-order chi connectivity index (χ0) is 60.7. The third-order valence-electron chi connectivity index (χ3n) is 14.1. The van der Waals surface area contributed by atoms with Crippen LogP contribution in [0.2, 0.25) is 0 Å². The van der Waals surface area contributed by atoms with E-state index in [1.807, 2.05) is 33.3 Å². The highest BCUT2D eigenvalue weighted by atomic mass is 31.2. The van der Waals surface area contributed by atoms with E-state index in [9.17, 15) is 19.0 Å². The fraction of sp³-hybridized carbons (Fsp3) is 0.671. The van der Waals surface area contributed by atoms with Gasteiger partial charge >= 0.3 is 5.97 Å². The van der Waals surface area contributed by atoms with Gasteiger partial charge in [-0.25, -0.2) is 0 Å². The van der Waals surface area contributed by atoms with E-state index in [1.54, 1.807) is 0 Å². The Morgan fingerprint density at radius 3 is 1.19 bits per heavy atom. The van der Waals surface area contributed by atoms with Gasteiger partial charge in [0.05, 0.1) is 33.8 Å². The predicted octanol–water partition coefficient (Wildman–Crippen LogP) is 20.6. The fourth-order valence-electron chi connectivity index (χ4n) is 8.92. The number of carbonyl (C=O) groups is 2. The molecule has 0 radical (unpaired) electrons. The van der Waals surface area contributed by atoms with Gasteiger partial charge in [0.15, 0.2) is 0 Å². The third kappa shape index (κ3) is 62.5. The minimum absolute atomic E-state index is 0.0392. The minimum Gasteiger partial charge on any atom is -0.756 e. The lowest BCUT2D eigenvalue weighted by atomic mass is 10.0. The van der Waals surface area contributed by atoms with Crippen molar-refractivity contribution in [3.05, 3.63) is 134 Å². The van der Waals surface area contributed by atoms with Gasteiger partial charge in [-0.2, -0.15) is 0 Å². The van der Waals surface area contributed by atoms with Crippen molar-refractivity contribution in [1.82, 2.24) is 5.32 Å². The van der Waals surface area contributed by atoms with Gasteiger partial charge < -0.3 is 28.5 Å². The van der Waals surface area contributed by atoms with Crippen molar-refractivity contribution < 1.29 is 37.3 Å². The molecule has 0 bridgehead atoms. The van der Waals surface area contributed by atoms with Crippen molar-refractivity contribution in [3.8, 4) is 0 Å². The van der Waals surface area contributed by atoms with Crippen LogP contribution in [0.3, 0.4) is 0 Å². The largest absolute Gasteiger partial charge is 0.756 e. The molecule has 1 amide bonds. The van der Waals surface area contributed by atoms with Crippen molar-refractivity contribution >= 4 is 19.7 Å². The van der Waals surface area contributed by atoms with E-state index in [2.05, 4.69) is 148 Å². The third-order valence-corrected chi connectivity index (χ3v) is 15.0. The Morgan fingerprint density at radius 1 is 0.434 bits per heavy atom. The second-order valence-corrected chi connectivity index (χ2v) is 24.6. The van der Waals surface area contributed by atoms with Gasteiger partial charge in [-0.05, 0) is 128 Å². The van der Waals surface area contributed by atoms with Crippen LogP contribution in [0.5, 0.6) is 0 Å². The number of phosphoric acid groups is 1. The number of nitrogens with one attached hydrogen (secondary N) is 1. The van der Waals surface area contributed by atoms with Gasteiger partial charge in [-0.3, -0.25) is 14.2 Å². The van der Waals surface area contributed by atoms with Gasteiger partial charge in [0.1, 0.15) is 19.3 Å². The summed E-state index contributed by atoms with van der Waals surface area (Å²) >= 11 is 0. The number of ether oxygens (including phenoxy) is 1. The Bertz CT molecular complexity index is 1880. The Morgan fingerprint density at radius 2 is 0.771 bits per heavy atom. The maximum atomic E-state index is 13.6. The molecule has 0 saturated carbocycles. The molecule has 474 valence electrons. The second-order valence-electron chi connectivity index (χ2n) is 23.2. The van der Waals surface area contributed by atoms with Crippen molar-refractivity contribution in [2.45, 2.75) is 277 Å². The average molecular weight is 1170 g/mol. The molecule has 0 aliphatic heterocycles. The molecule has 3 atom stereocenters. The van der Waals surface area contributed by atoms with E-state index in [1.165, 1.54) is 103 Å². The van der Waals surface area contributed by atoms with E-state index in [-0.39, 0.29) is 31.3 Å². The number of rotatable bonds is 59. The number of allylic oxidation sites excluding steroid dienone is 21. The highest BCUT2D eigenvalue weighted by molar-refractivity contribution is 7.45. The molecule has 1 N–H and O–H groups in total. The molecule has 0 heterocycles. The summed E-state index contributed by atoms with van der Waals surface area (Å²) in [4.78, 5) is 40.1. The van der Waals surface area contributed by atoms with Crippen LogP contribution in [0.4, 0.5) is 0 Å². The van der Waals surface area contributed by atoms with E-state index >= 15 is 0 Å². The first-order valence-electron chi connectivity index (χ1n) is 33.5. The molecule has 0 aliphatic carbocycles. The zero-order valence-electron chi connectivity index (χ0n) is 54.1. The molecule has 0 rings (SSSR count). The molecule has 0 aromatic heterocycles. The molecular formula is C73H125N2O7P. The molecule has 10 heteroatoms. The normalized spacial score (nSPS) is 14.4. The summed E-state index contributed by atoms with van der Waals surface area (Å²) < 4.78 is 30.4. The molecule has 0 spiro atoms. The topological polar surface area (TPSA) is 114 Å². The predicted molar refractivity (Wildman–Crippen MR) is 357 cm³/mol. The van der Waals surface area contributed by atoms with Crippen LogP contribution in [0.15, 0.2) is 134 Å². The lowest BCUT2D eigenvalue weighted by molar-refractivity contribution is -0.870. The van der Waals surface area contributed by atoms with Crippen LogP contribution in [0.1, 0.15) is 265 Å². The van der Waals surface area contributed by atoms with Crippen LogP contribution in [0.25, 0.3) is 0 Å². The SMILES string of the molecule is CC/C=C\C/C=C\C/C=C\C/C=C\C/C=C\C/C=C\CCCCC(=O)OC(/C=C/CCCCCCCCCCCCC)C(COP(=O)([O-])OCC[N+](C)(C)C)NC(=O)CCCCCCCCC/C=C\C/C=C\C/C=C\C/C=C\CCCCC. The zero-order valence-corrected chi connectivity index (χ0v) is 55.0. The summed E-state index contributed by atoms with van der Waals surface area (Å²) in [5, 5.41) is 3.02. The first kappa shape index (κ1) is 79.2. The molecule has 3 unspecified atom stereocenters. The number of nitrogens with zero attached hydrogens (tertiary/aromatic N) is 1. The molecular weight excluding hydrogens is 1050 g/mol. The summed E-state index contributed by atoms with van der Waals surface area (Å²) in [7, 11) is 1.13. The highest BCUT2D eigenvalue weighted by Gasteiger charge is 2.27. The quantitative estimate of drug-likeness (QED) is 0.0212. The first-order valence-corrected chi connectivity index (χ1v) is 35.0. The Hall–Kier alpha value is -3.85. The maximum Gasteiger partial charge on any atom is 0.306 e. The molecule has 0 aliphatic rings. The van der Waals surface area contributed by atoms with Gasteiger partial charge in [-0.15, -0.1) is 0 Å². The summed E-state index contributed by atoms with van der Waals surface area (Å²) in [6.07, 6.45) is 87.1. The monoisotopic (exact) mass is 1170 g/mol. The van der Waals surface area contributed by atoms with Crippen LogP contribution >= 0.6 is 7.82 Å². The number of likely N-dealkylation sites (N-methyl/N-ethyl adjacent to an activating group) is 1. The van der Waals surface area contributed by atoms with E-state index < -0.39 is 26.6 Å². The first-order chi connectivity index (χ1) is 40.4. The summed E-state index contributed by atoms with van der Waals surface area (Å²) in [5.41, 5.74) is 0. The standard InChI is InChI=1S/C73H125N2O7P/c1-7-10-13-16-19-22-25-28-30-32-34-36-37-39-40-42-44-47-50-53-56-59-62-65-72(76)74-70(69-81-83(78,79)80-68-67-75(4,5)6)71(64-61-58-55-52-49-46-27-24-21-18-15-12-9-3)82-73(77)66-63-60-57-54-51-48-45-43-41-38-35-33-31-29-26-23-20-17-14-11-8-2/h11,14,19-20,22-23,28-31,34-36,38-40,43,45,51,54,61,64,70-71H,7-10,12-13,15-18,21,24-27,32-33,37,41-42,44,46-50,52-53,55-60,62-63,65-69H2,1-6H3,(H-,74,76,78,79)/b14-11-,22-19-,23-20-,30-28-,31-29-,36-34-,38-35-,40-39-,45-43-,54-51-,64-61+. The molecule has 0 saturated heterocycles. The van der Waals surface area contributed by atoms with Crippen LogP contribution in [-0.4, -0.2) is 69.4 Å². The second kappa shape index (κ2) is 61.2. The Labute approximate surface area is 511 Å². The molecule has 0 aromatic rings. The van der Waals surface area contributed by atoms with E-state index in [4.69, 9.17) is 13.8 Å². The number of amides is 1. The van der Waals surface area contributed by atoms with Crippen molar-refractivity contribution in [2.75, 3.05) is 40.9 Å². The smallest absolute Gasteiger partial charge is 0.306 e. The van der Waals surface area contributed by atoms with Gasteiger partial charge in [0.2, 0.25) is 5.91 Å². The van der Waals surface area contributed by atoms with Crippen LogP contribution in [0, 0.1) is 0 Å². The van der Waals surface area contributed by atoms with Crippen molar-refractivity contribution in [2.24, 2.45) is 0 Å².